The fourth-order valence-corrected chi connectivity index (χ4v) is 2.49. The molecule has 200 valence electrons. The van der Waals surface area contributed by atoms with Crippen LogP contribution in [0.4, 0.5) is 0 Å². The Morgan fingerprint density at radius 3 is 0.818 bits per heavy atom. The normalized spacial score (nSPS) is 19.5. The van der Waals surface area contributed by atoms with Gasteiger partial charge in [0.1, 0.15) is 0 Å². The van der Waals surface area contributed by atoms with Gasteiger partial charge in [-0.05, 0) is 55.4 Å². The van der Waals surface area contributed by atoms with Crippen LogP contribution < -0.4 is 0 Å². The molecule has 33 heavy (non-hydrogen) atoms. The molecule has 0 fully saturated rings. The minimum Gasteiger partial charge on any atom is -0.391 e. The molecule has 0 aromatic carbocycles. The van der Waals surface area contributed by atoms with E-state index in [-0.39, 0.29) is 36.6 Å². The molecule has 0 saturated carbocycles. The molecule has 0 amide bonds. The summed E-state index contributed by atoms with van der Waals surface area (Å²) in [5, 5.41) is 18.5. The summed E-state index contributed by atoms with van der Waals surface area (Å²) >= 11 is 0. The van der Waals surface area contributed by atoms with E-state index >= 15 is 0 Å². The molecule has 0 heterocycles. The molecule has 0 aromatic heterocycles. The average Bonchev–Trinajstić information content (AvgIpc) is 2.75. The molecule has 0 saturated heterocycles. The number of aliphatic hydroxyl groups is 2. The van der Waals surface area contributed by atoms with Gasteiger partial charge in [-0.15, -0.1) is 0 Å². The Morgan fingerprint density at radius 2 is 0.576 bits per heavy atom. The number of rotatable bonds is 22. The first-order valence-corrected chi connectivity index (χ1v) is 12.1. The third kappa shape index (κ3) is 21.9. The Bertz CT molecular complexity index is 398. The van der Waals surface area contributed by atoms with Crippen molar-refractivity contribution in [2.75, 3.05) is 52.9 Å². The van der Waals surface area contributed by atoms with Gasteiger partial charge in [-0.1, -0.05) is 0 Å². The first-order valence-electron chi connectivity index (χ1n) is 12.1. The Kier molecular flexibility index (Phi) is 19.7. The van der Waals surface area contributed by atoms with Crippen molar-refractivity contribution in [1.29, 1.82) is 0 Å². The molecule has 8 atom stereocenters. The monoisotopic (exact) mass is 482 g/mol. The Balaban J connectivity index is 3.75. The van der Waals surface area contributed by atoms with Crippen molar-refractivity contribution in [1.82, 2.24) is 0 Å². The lowest BCUT2D eigenvalue weighted by atomic mass is 10.3. The van der Waals surface area contributed by atoms with Crippen molar-refractivity contribution in [3.8, 4) is 0 Å². The number of ether oxygens (including phenoxy) is 7. The highest BCUT2D eigenvalue weighted by atomic mass is 16.6. The van der Waals surface area contributed by atoms with Crippen molar-refractivity contribution in [3.05, 3.63) is 0 Å². The lowest BCUT2D eigenvalue weighted by Gasteiger charge is -2.22. The van der Waals surface area contributed by atoms with Crippen LogP contribution in [0.3, 0.4) is 0 Å². The van der Waals surface area contributed by atoms with E-state index in [9.17, 15) is 10.2 Å². The quantitative estimate of drug-likeness (QED) is 0.240. The van der Waals surface area contributed by atoms with Crippen LogP contribution in [0.2, 0.25) is 0 Å². The van der Waals surface area contributed by atoms with Gasteiger partial charge >= 0.3 is 0 Å². The minimum atomic E-state index is -0.477. The first-order chi connectivity index (χ1) is 15.5. The van der Waals surface area contributed by atoms with Crippen LogP contribution in [0.15, 0.2) is 0 Å². The topological polar surface area (TPSA) is 105 Å². The standard InChI is InChI=1S/C24H50O9/c1-17(25)9-28-21(5)13-32-23(7)15-30-19(3)11-27-12-20(4)31-16-24(8)33-14-22(6)29-10-18(2)26/h17-26H,9-16H2,1-8H3. The molecular weight excluding hydrogens is 432 g/mol. The second kappa shape index (κ2) is 19.9. The predicted molar refractivity (Wildman–Crippen MR) is 127 cm³/mol. The summed E-state index contributed by atoms with van der Waals surface area (Å²) in [5.74, 6) is 0. The van der Waals surface area contributed by atoms with E-state index in [4.69, 9.17) is 33.2 Å². The molecule has 0 aliphatic heterocycles. The maximum absolute atomic E-state index is 9.23. The van der Waals surface area contributed by atoms with E-state index in [1.807, 2.05) is 41.5 Å². The van der Waals surface area contributed by atoms with Gasteiger partial charge in [-0.25, -0.2) is 0 Å². The van der Waals surface area contributed by atoms with Gasteiger partial charge in [-0.3, -0.25) is 0 Å². The van der Waals surface area contributed by atoms with Crippen LogP contribution in [0, 0.1) is 0 Å². The highest BCUT2D eigenvalue weighted by Crippen LogP contribution is 2.04. The van der Waals surface area contributed by atoms with Gasteiger partial charge < -0.3 is 43.4 Å². The highest BCUT2D eigenvalue weighted by molar-refractivity contribution is 4.58. The van der Waals surface area contributed by atoms with Crippen LogP contribution >= 0.6 is 0 Å². The van der Waals surface area contributed by atoms with Crippen molar-refractivity contribution in [3.63, 3.8) is 0 Å². The molecule has 0 rings (SSSR count). The molecule has 2 N–H and O–H groups in total. The van der Waals surface area contributed by atoms with Crippen LogP contribution in [0.1, 0.15) is 55.4 Å². The zero-order valence-electron chi connectivity index (χ0n) is 22.0. The molecule has 0 spiro atoms. The van der Waals surface area contributed by atoms with Gasteiger partial charge in [0, 0.05) is 0 Å². The minimum absolute atomic E-state index is 0.0578. The fraction of sp³-hybridized carbons (Fsp3) is 1.00. The number of hydrogen-bond donors (Lipinski definition) is 2. The lowest BCUT2D eigenvalue weighted by Crippen LogP contribution is -2.29. The third-order valence-electron chi connectivity index (χ3n) is 4.41. The summed E-state index contributed by atoms with van der Waals surface area (Å²) in [6.07, 6.45) is -1.35. The van der Waals surface area contributed by atoms with E-state index in [1.54, 1.807) is 13.8 Å². The van der Waals surface area contributed by atoms with Crippen molar-refractivity contribution in [2.45, 2.75) is 104 Å². The molecule has 9 heteroatoms. The lowest BCUT2D eigenvalue weighted by molar-refractivity contribution is -0.101. The molecule has 9 nitrogen and oxygen atoms in total. The largest absolute Gasteiger partial charge is 0.391 e. The highest BCUT2D eigenvalue weighted by Gasteiger charge is 2.13. The second-order valence-corrected chi connectivity index (χ2v) is 9.10. The molecule has 0 radical (unpaired) electrons. The third-order valence-corrected chi connectivity index (χ3v) is 4.41. The first kappa shape index (κ1) is 32.6. The zero-order chi connectivity index (χ0) is 25.2. The van der Waals surface area contributed by atoms with Crippen molar-refractivity contribution < 1.29 is 43.4 Å². The van der Waals surface area contributed by atoms with Gasteiger partial charge in [0.15, 0.2) is 0 Å². The average molecular weight is 483 g/mol. The van der Waals surface area contributed by atoms with E-state index in [0.29, 0.717) is 52.9 Å². The van der Waals surface area contributed by atoms with E-state index in [2.05, 4.69) is 0 Å². The summed E-state index contributed by atoms with van der Waals surface area (Å²) in [6, 6.07) is 0. The van der Waals surface area contributed by atoms with Gasteiger partial charge in [0.05, 0.1) is 102 Å². The maximum atomic E-state index is 9.23. The predicted octanol–water partition coefficient (Wildman–Crippen LogP) is 2.20. The maximum Gasteiger partial charge on any atom is 0.0781 e. The SMILES string of the molecule is CC(O)COC(C)COC(C)COC(C)COCC(C)OCC(C)OCC(C)OCC(C)O. The van der Waals surface area contributed by atoms with Crippen LogP contribution in [0.25, 0.3) is 0 Å². The summed E-state index contributed by atoms with van der Waals surface area (Å²) in [6.45, 7) is 18.4. The van der Waals surface area contributed by atoms with Gasteiger partial charge in [0.2, 0.25) is 0 Å². The van der Waals surface area contributed by atoms with Crippen LogP contribution in [-0.2, 0) is 33.2 Å². The number of aliphatic hydroxyl groups excluding tert-OH is 2. The Morgan fingerprint density at radius 1 is 0.364 bits per heavy atom. The Labute approximate surface area is 201 Å². The molecular formula is C24H50O9. The molecule has 0 aliphatic rings. The molecule has 0 aliphatic carbocycles. The smallest absolute Gasteiger partial charge is 0.0781 e. The molecule has 0 bridgehead atoms. The van der Waals surface area contributed by atoms with Crippen molar-refractivity contribution in [2.24, 2.45) is 0 Å². The van der Waals surface area contributed by atoms with Crippen LogP contribution in [0.5, 0.6) is 0 Å². The summed E-state index contributed by atoms with van der Waals surface area (Å²) in [7, 11) is 0. The van der Waals surface area contributed by atoms with E-state index in [0.717, 1.165) is 0 Å². The Hall–Kier alpha value is -0.360. The molecule has 8 unspecified atom stereocenters. The summed E-state index contributed by atoms with van der Waals surface area (Å²) in [4.78, 5) is 0. The van der Waals surface area contributed by atoms with Gasteiger partial charge in [0.25, 0.3) is 0 Å². The summed E-state index contributed by atoms with van der Waals surface area (Å²) < 4.78 is 39.6. The summed E-state index contributed by atoms with van der Waals surface area (Å²) in [5.41, 5.74) is 0. The second-order valence-electron chi connectivity index (χ2n) is 9.10. The fourth-order valence-electron chi connectivity index (χ4n) is 2.49. The van der Waals surface area contributed by atoms with Crippen molar-refractivity contribution >= 4 is 0 Å². The zero-order valence-corrected chi connectivity index (χ0v) is 22.0. The number of hydrogen-bond acceptors (Lipinski definition) is 9. The van der Waals surface area contributed by atoms with E-state index < -0.39 is 12.2 Å². The van der Waals surface area contributed by atoms with Gasteiger partial charge in [-0.2, -0.15) is 0 Å². The van der Waals surface area contributed by atoms with Crippen LogP contribution in [-0.4, -0.2) is 112 Å². The van der Waals surface area contributed by atoms with E-state index in [1.165, 1.54) is 0 Å². The molecule has 0 aromatic rings.